The van der Waals surface area contributed by atoms with Gasteiger partial charge in [-0.15, -0.1) is 0 Å². The maximum Gasteiger partial charge on any atom is 0.330 e. The number of fused-ring (bicyclic) bond motifs is 1. The summed E-state index contributed by atoms with van der Waals surface area (Å²) in [6.45, 7) is 1.34. The first-order valence-electron chi connectivity index (χ1n) is 9.10. The third-order valence-corrected chi connectivity index (χ3v) is 4.59. The minimum Gasteiger partial charge on any atom is -0.446 e. The summed E-state index contributed by atoms with van der Waals surface area (Å²) in [6, 6.07) is 12.3. The molecule has 0 aliphatic carbocycles. The van der Waals surface area contributed by atoms with E-state index in [0.717, 1.165) is 4.90 Å². The van der Waals surface area contributed by atoms with Crippen LogP contribution in [0.15, 0.2) is 54.6 Å². The maximum atomic E-state index is 12.8. The molecule has 1 heterocycles. The number of benzene rings is 2. The van der Waals surface area contributed by atoms with Gasteiger partial charge in [-0.2, -0.15) is 0 Å². The number of nitrogens with zero attached hydrogens (tertiary/aromatic N) is 1. The third-order valence-electron chi connectivity index (χ3n) is 4.59. The highest BCUT2D eigenvalue weighted by atomic mass is 16.5. The molecule has 0 bridgehead atoms. The minimum absolute atomic E-state index is 0.194. The Kier molecular flexibility index (Phi) is 5.91. The summed E-state index contributed by atoms with van der Waals surface area (Å²) < 4.78 is 5.34. The van der Waals surface area contributed by atoms with Crippen LogP contribution in [0, 0.1) is 0 Å². The standard InChI is InChI=1S/C21H19N3O6/c1-12(24-18(26)14-10-6-7-11-15(14)19(24)27)20(28)30-16(13-8-4-3-5-9-13)17(25)23-21(29)22-2/h3-12,16H,1-2H3,(H2,22,23,25,29). The van der Waals surface area contributed by atoms with Crippen molar-refractivity contribution in [2.75, 3.05) is 7.05 Å². The normalized spacial score (nSPS) is 14.5. The van der Waals surface area contributed by atoms with E-state index >= 15 is 0 Å². The lowest BCUT2D eigenvalue weighted by Gasteiger charge is -2.24. The first-order valence-corrected chi connectivity index (χ1v) is 9.10. The molecule has 30 heavy (non-hydrogen) atoms. The van der Waals surface area contributed by atoms with Crippen LogP contribution in [0.1, 0.15) is 39.3 Å². The van der Waals surface area contributed by atoms with Crippen LogP contribution >= 0.6 is 0 Å². The molecule has 0 radical (unpaired) electrons. The van der Waals surface area contributed by atoms with E-state index in [1.807, 2.05) is 0 Å². The lowest BCUT2D eigenvalue weighted by atomic mass is 10.1. The van der Waals surface area contributed by atoms with Crippen molar-refractivity contribution in [1.82, 2.24) is 15.5 Å². The van der Waals surface area contributed by atoms with Crippen molar-refractivity contribution in [3.05, 3.63) is 71.3 Å². The lowest BCUT2D eigenvalue weighted by molar-refractivity contribution is -0.159. The smallest absolute Gasteiger partial charge is 0.330 e. The molecular weight excluding hydrogens is 390 g/mol. The van der Waals surface area contributed by atoms with Crippen LogP contribution in [0.4, 0.5) is 4.79 Å². The second-order valence-corrected chi connectivity index (χ2v) is 6.50. The number of urea groups is 1. The van der Waals surface area contributed by atoms with E-state index in [4.69, 9.17) is 4.74 Å². The average Bonchev–Trinajstić information content (AvgIpc) is 3.02. The number of hydrogen-bond donors (Lipinski definition) is 2. The van der Waals surface area contributed by atoms with Gasteiger partial charge < -0.3 is 10.1 Å². The largest absolute Gasteiger partial charge is 0.446 e. The predicted molar refractivity (Wildman–Crippen MR) is 104 cm³/mol. The first-order chi connectivity index (χ1) is 14.3. The van der Waals surface area contributed by atoms with Gasteiger partial charge in [0.15, 0.2) is 0 Å². The highest BCUT2D eigenvalue weighted by molar-refractivity contribution is 6.22. The molecule has 3 rings (SSSR count). The highest BCUT2D eigenvalue weighted by Gasteiger charge is 2.42. The van der Waals surface area contributed by atoms with Crippen molar-refractivity contribution < 1.29 is 28.7 Å². The van der Waals surface area contributed by atoms with Crippen LogP contribution in [0.3, 0.4) is 0 Å². The number of rotatable bonds is 5. The molecule has 9 nitrogen and oxygen atoms in total. The zero-order valence-electron chi connectivity index (χ0n) is 16.2. The SMILES string of the molecule is CNC(=O)NC(=O)C(OC(=O)C(C)N1C(=O)c2ccccc2C1=O)c1ccccc1. The van der Waals surface area contributed by atoms with Crippen LogP contribution in [0.5, 0.6) is 0 Å². The van der Waals surface area contributed by atoms with E-state index in [1.165, 1.54) is 26.1 Å². The highest BCUT2D eigenvalue weighted by Crippen LogP contribution is 2.26. The summed E-state index contributed by atoms with van der Waals surface area (Å²) in [4.78, 5) is 62.8. The number of nitrogens with one attached hydrogen (secondary N) is 2. The zero-order chi connectivity index (χ0) is 21.8. The van der Waals surface area contributed by atoms with E-state index in [9.17, 15) is 24.0 Å². The second kappa shape index (κ2) is 8.56. The topological polar surface area (TPSA) is 122 Å². The molecule has 1 aliphatic rings. The fourth-order valence-electron chi connectivity index (χ4n) is 3.02. The molecule has 2 atom stereocenters. The Morgan fingerprint density at radius 2 is 1.43 bits per heavy atom. The number of amides is 5. The van der Waals surface area contributed by atoms with E-state index in [-0.39, 0.29) is 11.1 Å². The molecule has 0 spiro atoms. The van der Waals surface area contributed by atoms with Gasteiger partial charge in [-0.05, 0) is 19.1 Å². The second-order valence-electron chi connectivity index (χ2n) is 6.50. The Morgan fingerprint density at radius 1 is 0.900 bits per heavy atom. The average molecular weight is 409 g/mol. The molecule has 0 fully saturated rings. The summed E-state index contributed by atoms with van der Waals surface area (Å²) >= 11 is 0. The molecule has 2 N–H and O–H groups in total. The van der Waals surface area contributed by atoms with Crippen molar-refractivity contribution in [2.24, 2.45) is 0 Å². The molecule has 0 saturated carbocycles. The number of carbonyl (C=O) groups excluding carboxylic acids is 5. The van der Waals surface area contributed by atoms with E-state index in [1.54, 1.807) is 42.5 Å². The quantitative estimate of drug-likeness (QED) is 0.569. The summed E-state index contributed by atoms with van der Waals surface area (Å²) in [5, 5.41) is 4.30. The van der Waals surface area contributed by atoms with Gasteiger partial charge in [0.05, 0.1) is 11.1 Å². The van der Waals surface area contributed by atoms with Gasteiger partial charge in [0.2, 0.25) is 6.10 Å². The van der Waals surface area contributed by atoms with Crippen LogP contribution in [-0.2, 0) is 14.3 Å². The third kappa shape index (κ3) is 3.90. The van der Waals surface area contributed by atoms with Gasteiger partial charge in [-0.3, -0.25) is 24.6 Å². The summed E-state index contributed by atoms with van der Waals surface area (Å²) in [7, 11) is 1.33. The number of hydrogen-bond acceptors (Lipinski definition) is 6. The minimum atomic E-state index is -1.45. The van der Waals surface area contributed by atoms with Crippen molar-refractivity contribution in [3.63, 3.8) is 0 Å². The van der Waals surface area contributed by atoms with Crippen LogP contribution in [-0.4, -0.2) is 47.7 Å². The van der Waals surface area contributed by atoms with Gasteiger partial charge in [-0.25, -0.2) is 9.59 Å². The van der Waals surface area contributed by atoms with Crippen LogP contribution in [0.25, 0.3) is 0 Å². The molecule has 2 unspecified atom stereocenters. The van der Waals surface area contributed by atoms with Crippen LogP contribution < -0.4 is 10.6 Å². The van der Waals surface area contributed by atoms with Gasteiger partial charge in [-0.1, -0.05) is 42.5 Å². The molecule has 2 aromatic carbocycles. The van der Waals surface area contributed by atoms with Gasteiger partial charge in [0.25, 0.3) is 17.7 Å². The number of imide groups is 2. The molecule has 0 saturated heterocycles. The van der Waals surface area contributed by atoms with Gasteiger partial charge in [0, 0.05) is 12.6 Å². The van der Waals surface area contributed by atoms with E-state index < -0.39 is 41.9 Å². The Bertz CT molecular complexity index is 985. The Hall–Kier alpha value is -4.01. The molecule has 5 amide bonds. The zero-order valence-corrected chi connectivity index (χ0v) is 16.2. The summed E-state index contributed by atoms with van der Waals surface area (Å²) in [5.41, 5.74) is 0.708. The molecular formula is C21H19N3O6. The molecule has 9 heteroatoms. The number of ether oxygens (including phenoxy) is 1. The summed E-state index contributed by atoms with van der Waals surface area (Å²) in [5.74, 6) is -3.08. The number of esters is 1. The fraction of sp³-hybridized carbons (Fsp3) is 0.190. The number of carbonyl (C=O) groups is 5. The van der Waals surface area contributed by atoms with Crippen molar-refractivity contribution in [2.45, 2.75) is 19.1 Å². The molecule has 1 aliphatic heterocycles. The van der Waals surface area contributed by atoms with Crippen molar-refractivity contribution in [1.29, 1.82) is 0 Å². The fourth-order valence-corrected chi connectivity index (χ4v) is 3.02. The Balaban J connectivity index is 1.82. The monoisotopic (exact) mass is 409 g/mol. The molecule has 154 valence electrons. The first kappa shape index (κ1) is 20.7. The maximum absolute atomic E-state index is 12.8. The predicted octanol–water partition coefficient (Wildman–Crippen LogP) is 1.41. The van der Waals surface area contributed by atoms with Gasteiger partial charge >= 0.3 is 12.0 Å². The molecule has 2 aromatic rings. The summed E-state index contributed by atoms with van der Waals surface area (Å²) in [6.07, 6.45) is -1.45. The van der Waals surface area contributed by atoms with Crippen LogP contribution in [0.2, 0.25) is 0 Å². The Morgan fingerprint density at radius 3 is 1.97 bits per heavy atom. The van der Waals surface area contributed by atoms with Crippen molar-refractivity contribution in [3.8, 4) is 0 Å². The van der Waals surface area contributed by atoms with Gasteiger partial charge in [0.1, 0.15) is 6.04 Å². The Labute approximate surface area is 172 Å². The van der Waals surface area contributed by atoms with Crippen molar-refractivity contribution >= 4 is 29.7 Å². The van der Waals surface area contributed by atoms with E-state index in [2.05, 4.69) is 10.6 Å². The lowest BCUT2D eigenvalue weighted by Crippen LogP contribution is -2.46. The van der Waals surface area contributed by atoms with E-state index in [0.29, 0.717) is 5.56 Å². The molecule has 0 aromatic heterocycles.